The van der Waals surface area contributed by atoms with Crippen LogP contribution in [0, 0.1) is 0 Å². The molecule has 9 heteroatoms. The van der Waals surface area contributed by atoms with Crippen molar-refractivity contribution in [2.24, 2.45) is 0 Å². The molecule has 180 valence electrons. The summed E-state index contributed by atoms with van der Waals surface area (Å²) in [7, 11) is -3.54. The smallest absolute Gasteiger partial charge is 0.346 e. The van der Waals surface area contributed by atoms with E-state index < -0.39 is 37.8 Å². The van der Waals surface area contributed by atoms with Gasteiger partial charge in [0.05, 0.1) is 24.8 Å². The summed E-state index contributed by atoms with van der Waals surface area (Å²) in [6, 6.07) is 12.5. The summed E-state index contributed by atoms with van der Waals surface area (Å²) in [4.78, 5) is 12.9. The zero-order valence-corrected chi connectivity index (χ0v) is 19.8. The fourth-order valence-electron chi connectivity index (χ4n) is 4.47. The first-order valence-corrected chi connectivity index (χ1v) is 12.7. The van der Waals surface area contributed by atoms with Crippen LogP contribution in [-0.2, 0) is 18.4 Å². The van der Waals surface area contributed by atoms with Gasteiger partial charge in [0, 0.05) is 0 Å². The summed E-state index contributed by atoms with van der Waals surface area (Å²) in [5.41, 5.74) is 2.83. The standard InChI is InChI=1S/C24H29F3NO4P/c1-4-10-20(33(30,31-5-2)32-6-3)18-13-9-14-19-21(18)16-11-7-8-12-17(16)22(19)23(29)28-15-24(25,26)27/h7-9,11-14,20,22H,4-6,10,15H2,1-3H3,(H,28,29). The molecule has 2 aromatic rings. The lowest BCUT2D eigenvalue weighted by Gasteiger charge is -2.28. The number of carbonyl (C=O) groups excluding carboxylic acids is 1. The third-order valence-electron chi connectivity index (χ3n) is 5.63. The molecule has 0 saturated carbocycles. The van der Waals surface area contributed by atoms with Gasteiger partial charge in [0.2, 0.25) is 5.91 Å². The minimum atomic E-state index is -4.51. The van der Waals surface area contributed by atoms with Crippen molar-refractivity contribution in [3.05, 3.63) is 59.2 Å². The van der Waals surface area contributed by atoms with Crippen LogP contribution < -0.4 is 5.32 Å². The molecule has 0 heterocycles. The molecular formula is C24H29F3NO4P. The number of alkyl halides is 3. The van der Waals surface area contributed by atoms with E-state index in [9.17, 15) is 22.5 Å². The monoisotopic (exact) mass is 483 g/mol. The number of halogens is 3. The number of benzene rings is 2. The van der Waals surface area contributed by atoms with Crippen molar-refractivity contribution in [2.45, 2.75) is 51.4 Å². The minimum absolute atomic E-state index is 0.214. The fraction of sp³-hybridized carbons (Fsp3) is 0.458. The molecule has 1 aliphatic rings. The Morgan fingerprint density at radius 2 is 1.67 bits per heavy atom. The van der Waals surface area contributed by atoms with Gasteiger partial charge in [-0.1, -0.05) is 55.8 Å². The van der Waals surface area contributed by atoms with Gasteiger partial charge in [0.1, 0.15) is 6.54 Å². The van der Waals surface area contributed by atoms with Gasteiger partial charge in [0.25, 0.3) is 0 Å². The Bertz CT molecular complexity index is 1030. The molecule has 1 aliphatic carbocycles. The highest BCUT2D eigenvalue weighted by atomic mass is 31.2. The summed E-state index contributed by atoms with van der Waals surface area (Å²) in [5, 5.41) is 2.02. The topological polar surface area (TPSA) is 64.6 Å². The van der Waals surface area contributed by atoms with Crippen LogP contribution in [-0.4, -0.2) is 31.8 Å². The predicted octanol–water partition coefficient (Wildman–Crippen LogP) is 6.58. The molecule has 5 nitrogen and oxygen atoms in total. The number of fused-ring (bicyclic) bond motifs is 3. The van der Waals surface area contributed by atoms with Crippen LogP contribution in [0.5, 0.6) is 0 Å². The third kappa shape index (κ3) is 5.34. The van der Waals surface area contributed by atoms with Crippen molar-refractivity contribution in [2.75, 3.05) is 19.8 Å². The number of carbonyl (C=O) groups is 1. The van der Waals surface area contributed by atoms with Crippen molar-refractivity contribution in [3.63, 3.8) is 0 Å². The maximum Gasteiger partial charge on any atom is 0.405 e. The number of hydrogen-bond acceptors (Lipinski definition) is 4. The van der Waals surface area contributed by atoms with E-state index in [2.05, 4.69) is 0 Å². The average molecular weight is 483 g/mol. The van der Waals surface area contributed by atoms with Crippen molar-refractivity contribution in [1.29, 1.82) is 0 Å². The van der Waals surface area contributed by atoms with Crippen molar-refractivity contribution < 1.29 is 31.6 Å². The highest BCUT2D eigenvalue weighted by Gasteiger charge is 2.42. The van der Waals surface area contributed by atoms with E-state index in [-0.39, 0.29) is 13.2 Å². The molecule has 33 heavy (non-hydrogen) atoms. The van der Waals surface area contributed by atoms with E-state index in [0.29, 0.717) is 17.5 Å². The van der Waals surface area contributed by atoms with Crippen LogP contribution in [0.25, 0.3) is 11.1 Å². The van der Waals surface area contributed by atoms with Gasteiger partial charge in [0.15, 0.2) is 0 Å². The highest BCUT2D eigenvalue weighted by Crippen LogP contribution is 2.65. The lowest BCUT2D eigenvalue weighted by atomic mass is 9.93. The second-order valence-electron chi connectivity index (χ2n) is 7.84. The lowest BCUT2D eigenvalue weighted by Crippen LogP contribution is -2.36. The largest absolute Gasteiger partial charge is 0.405 e. The summed E-state index contributed by atoms with van der Waals surface area (Å²) in [5.74, 6) is -1.61. The first kappa shape index (κ1) is 25.5. The Labute approximate surface area is 192 Å². The van der Waals surface area contributed by atoms with Gasteiger partial charge in [-0.15, -0.1) is 0 Å². The molecular weight excluding hydrogens is 454 g/mol. The van der Waals surface area contributed by atoms with Gasteiger partial charge >= 0.3 is 13.8 Å². The molecule has 0 aromatic heterocycles. The van der Waals surface area contributed by atoms with E-state index >= 15 is 0 Å². The van der Waals surface area contributed by atoms with E-state index in [4.69, 9.17) is 9.05 Å². The second kappa shape index (κ2) is 10.4. The summed E-state index contributed by atoms with van der Waals surface area (Å²) in [6.45, 7) is 4.50. The van der Waals surface area contributed by atoms with Gasteiger partial charge in [-0.25, -0.2) is 0 Å². The van der Waals surface area contributed by atoms with Crippen molar-refractivity contribution in [1.82, 2.24) is 5.32 Å². The zero-order chi connectivity index (χ0) is 24.2. The molecule has 0 radical (unpaired) electrons. The van der Waals surface area contributed by atoms with Crippen LogP contribution in [0.15, 0.2) is 42.5 Å². The molecule has 3 rings (SSSR count). The van der Waals surface area contributed by atoms with Crippen molar-refractivity contribution >= 4 is 13.5 Å². The quantitative estimate of drug-likeness (QED) is 0.388. The third-order valence-corrected chi connectivity index (χ3v) is 8.16. The van der Waals surface area contributed by atoms with Crippen LogP contribution in [0.4, 0.5) is 13.2 Å². The van der Waals surface area contributed by atoms with Gasteiger partial charge < -0.3 is 14.4 Å². The molecule has 0 bridgehead atoms. The Kier molecular flexibility index (Phi) is 8.04. The maximum atomic E-state index is 13.8. The normalized spacial score (nSPS) is 16.2. The Morgan fingerprint density at radius 3 is 2.27 bits per heavy atom. The lowest BCUT2D eigenvalue weighted by molar-refractivity contribution is -0.138. The Hall–Kier alpha value is -2.15. The van der Waals surface area contributed by atoms with E-state index in [1.807, 2.05) is 30.4 Å². The Balaban J connectivity index is 2.15. The van der Waals surface area contributed by atoms with E-state index in [1.54, 1.807) is 38.1 Å². The van der Waals surface area contributed by atoms with E-state index in [0.717, 1.165) is 23.1 Å². The first-order chi connectivity index (χ1) is 15.7. The highest BCUT2D eigenvalue weighted by molar-refractivity contribution is 7.54. The maximum absolute atomic E-state index is 13.8. The zero-order valence-electron chi connectivity index (χ0n) is 18.9. The molecule has 1 amide bonds. The van der Waals surface area contributed by atoms with Crippen LogP contribution >= 0.6 is 7.60 Å². The molecule has 0 fully saturated rings. The number of hydrogen-bond donors (Lipinski definition) is 1. The van der Waals surface area contributed by atoms with Crippen LogP contribution in [0.1, 0.15) is 61.9 Å². The van der Waals surface area contributed by atoms with Crippen molar-refractivity contribution in [3.8, 4) is 11.1 Å². The fourth-order valence-corrected chi connectivity index (χ4v) is 6.75. The minimum Gasteiger partial charge on any atom is -0.346 e. The molecule has 2 unspecified atom stereocenters. The SMILES string of the molecule is CCCC(c1cccc2c1-c1ccccc1C2C(=O)NCC(F)(F)F)P(=O)(OCC)OCC. The molecule has 0 spiro atoms. The molecule has 2 aromatic carbocycles. The first-order valence-electron chi connectivity index (χ1n) is 11.1. The number of amides is 1. The molecule has 0 saturated heterocycles. The van der Waals surface area contributed by atoms with Gasteiger partial charge in [-0.05, 0) is 48.1 Å². The van der Waals surface area contributed by atoms with Gasteiger partial charge in [-0.3, -0.25) is 9.36 Å². The number of rotatable bonds is 10. The summed E-state index contributed by atoms with van der Waals surface area (Å²) in [6.07, 6.45) is -3.26. The Morgan fingerprint density at radius 1 is 1.03 bits per heavy atom. The molecule has 1 N–H and O–H groups in total. The summed E-state index contributed by atoms with van der Waals surface area (Å²) < 4.78 is 63.4. The van der Waals surface area contributed by atoms with Gasteiger partial charge in [-0.2, -0.15) is 13.2 Å². The average Bonchev–Trinajstić information content (AvgIpc) is 3.10. The second-order valence-corrected chi connectivity index (χ2v) is 10.1. The summed E-state index contributed by atoms with van der Waals surface area (Å²) >= 11 is 0. The van der Waals surface area contributed by atoms with Crippen LogP contribution in [0.3, 0.4) is 0 Å². The molecule has 2 atom stereocenters. The predicted molar refractivity (Wildman–Crippen MR) is 121 cm³/mol. The molecule has 0 aliphatic heterocycles. The number of nitrogens with one attached hydrogen (secondary N) is 1. The van der Waals surface area contributed by atoms with Crippen LogP contribution in [0.2, 0.25) is 0 Å². The van der Waals surface area contributed by atoms with E-state index in [1.165, 1.54) is 0 Å².